The Hall–Kier alpha value is 0.160. The van der Waals surface area contributed by atoms with E-state index in [-0.39, 0.29) is 5.75 Å². The second kappa shape index (κ2) is 4.13. The van der Waals surface area contributed by atoms with Crippen molar-refractivity contribution in [3.05, 3.63) is 27.4 Å². The van der Waals surface area contributed by atoms with E-state index < -0.39 is 9.05 Å². The molecule has 0 radical (unpaired) electrons. The first-order chi connectivity index (χ1) is 5.88. The van der Waals surface area contributed by atoms with Crippen LogP contribution in [-0.4, -0.2) is 14.2 Å². The molecule has 72 valence electrons. The van der Waals surface area contributed by atoms with Crippen LogP contribution in [0, 0.1) is 0 Å². The molecule has 0 aliphatic rings. The normalized spacial score (nSPS) is 11.5. The summed E-state index contributed by atoms with van der Waals surface area (Å²) >= 11 is 4.71. The van der Waals surface area contributed by atoms with Crippen molar-refractivity contribution in [2.75, 3.05) is 5.75 Å². The Morgan fingerprint density at radius 1 is 1.62 bits per heavy atom. The van der Waals surface area contributed by atoms with Gasteiger partial charge in [-0.1, -0.05) is 6.58 Å². The molecule has 13 heavy (non-hydrogen) atoms. The summed E-state index contributed by atoms with van der Waals surface area (Å²) < 4.78 is 22.4. The van der Waals surface area contributed by atoms with E-state index in [9.17, 15) is 8.42 Å². The van der Waals surface area contributed by atoms with E-state index in [0.29, 0.717) is 5.57 Å². The summed E-state index contributed by atoms with van der Waals surface area (Å²) in [7, 11) is 1.59. The number of rotatable bonds is 3. The summed E-state index contributed by atoms with van der Waals surface area (Å²) in [6, 6.07) is 3.64. The molecule has 0 fully saturated rings. The van der Waals surface area contributed by atoms with E-state index in [1.165, 1.54) is 11.3 Å². The van der Waals surface area contributed by atoms with Gasteiger partial charge in [0.15, 0.2) is 0 Å². The van der Waals surface area contributed by atoms with Crippen molar-refractivity contribution < 1.29 is 8.42 Å². The predicted octanol–water partition coefficient (Wildman–Crippen LogP) is 3.09. The lowest BCUT2D eigenvalue weighted by Crippen LogP contribution is -1.97. The minimum Gasteiger partial charge on any atom is -0.212 e. The monoisotopic (exact) mass is 300 g/mol. The van der Waals surface area contributed by atoms with Crippen LogP contribution in [0.1, 0.15) is 4.88 Å². The first-order valence-electron chi connectivity index (χ1n) is 3.24. The Kier molecular flexibility index (Phi) is 3.57. The van der Waals surface area contributed by atoms with Gasteiger partial charge in [0.05, 0.1) is 9.54 Å². The van der Waals surface area contributed by atoms with Crippen LogP contribution in [0.15, 0.2) is 22.5 Å². The molecule has 1 heterocycles. The van der Waals surface area contributed by atoms with Gasteiger partial charge in [-0.15, -0.1) is 11.3 Å². The fraction of sp³-hybridized carbons (Fsp3) is 0.143. The quantitative estimate of drug-likeness (QED) is 0.804. The Balaban J connectivity index is 2.81. The van der Waals surface area contributed by atoms with Crippen LogP contribution in [0.2, 0.25) is 0 Å². The first-order valence-corrected chi connectivity index (χ1v) is 7.33. The maximum Gasteiger partial charge on any atom is 0.236 e. The lowest BCUT2D eigenvalue weighted by molar-refractivity contribution is 0.612. The molecule has 0 saturated heterocycles. The predicted molar refractivity (Wildman–Crippen MR) is 60.7 cm³/mol. The largest absolute Gasteiger partial charge is 0.236 e. The van der Waals surface area contributed by atoms with Gasteiger partial charge in [-0.3, -0.25) is 0 Å². The molecule has 0 atom stereocenters. The van der Waals surface area contributed by atoms with Crippen molar-refractivity contribution in [2.45, 2.75) is 0 Å². The summed E-state index contributed by atoms with van der Waals surface area (Å²) in [6.07, 6.45) is 0. The van der Waals surface area contributed by atoms with E-state index in [1.54, 1.807) is 6.07 Å². The molecule has 1 aromatic rings. The topological polar surface area (TPSA) is 34.1 Å². The lowest BCUT2D eigenvalue weighted by atomic mass is 10.3. The summed E-state index contributed by atoms with van der Waals surface area (Å²) in [5.74, 6) is -0.207. The zero-order valence-corrected chi connectivity index (χ0v) is 10.4. The minimum atomic E-state index is -3.50. The highest BCUT2D eigenvalue weighted by Gasteiger charge is 2.11. The van der Waals surface area contributed by atoms with Gasteiger partial charge in [0.25, 0.3) is 0 Å². The van der Waals surface area contributed by atoms with Gasteiger partial charge in [0, 0.05) is 15.6 Å². The molecule has 0 N–H and O–H groups in total. The van der Waals surface area contributed by atoms with Crippen molar-refractivity contribution in [2.24, 2.45) is 0 Å². The van der Waals surface area contributed by atoms with Gasteiger partial charge in [-0.25, -0.2) is 8.42 Å². The van der Waals surface area contributed by atoms with Crippen LogP contribution in [0.5, 0.6) is 0 Å². The van der Waals surface area contributed by atoms with Crippen molar-refractivity contribution in [3.63, 3.8) is 0 Å². The van der Waals surface area contributed by atoms with Gasteiger partial charge < -0.3 is 0 Å². The average Bonchev–Trinajstić information content (AvgIpc) is 2.31. The summed E-state index contributed by atoms with van der Waals surface area (Å²) in [5.41, 5.74) is 0.519. The fourth-order valence-electron chi connectivity index (χ4n) is 0.784. The molecule has 0 unspecified atom stereocenters. The summed E-state index contributed by atoms with van der Waals surface area (Å²) in [4.78, 5) is 0.830. The molecule has 0 spiro atoms. The van der Waals surface area contributed by atoms with Gasteiger partial charge in [-0.2, -0.15) is 0 Å². The molecule has 1 rings (SSSR count). The summed E-state index contributed by atoms with van der Waals surface area (Å²) in [5, 5.41) is 0. The maximum absolute atomic E-state index is 10.7. The van der Waals surface area contributed by atoms with Crippen LogP contribution < -0.4 is 0 Å². The van der Waals surface area contributed by atoms with E-state index in [4.69, 9.17) is 10.7 Å². The molecule has 0 bridgehead atoms. The fourth-order valence-corrected chi connectivity index (χ4v) is 3.20. The van der Waals surface area contributed by atoms with Crippen molar-refractivity contribution in [1.82, 2.24) is 0 Å². The second-order valence-electron chi connectivity index (χ2n) is 2.39. The van der Waals surface area contributed by atoms with Crippen molar-refractivity contribution >= 4 is 52.6 Å². The van der Waals surface area contributed by atoms with Gasteiger partial charge >= 0.3 is 0 Å². The third-order valence-electron chi connectivity index (χ3n) is 1.27. The van der Waals surface area contributed by atoms with Crippen LogP contribution in [-0.2, 0) is 9.05 Å². The Labute approximate surface area is 93.8 Å². The van der Waals surface area contributed by atoms with Gasteiger partial charge in [0.2, 0.25) is 9.05 Å². The molecule has 0 aliphatic heterocycles. The number of hydrogen-bond donors (Lipinski definition) is 0. The van der Waals surface area contributed by atoms with Crippen molar-refractivity contribution in [1.29, 1.82) is 0 Å². The summed E-state index contributed by atoms with van der Waals surface area (Å²) in [6.45, 7) is 3.65. The average molecular weight is 302 g/mol. The Bertz CT molecular complexity index is 421. The molecule has 0 aliphatic carbocycles. The van der Waals surface area contributed by atoms with Crippen LogP contribution in [0.25, 0.3) is 5.57 Å². The highest BCUT2D eigenvalue weighted by molar-refractivity contribution is 9.11. The van der Waals surface area contributed by atoms with E-state index in [1.807, 2.05) is 6.07 Å². The maximum atomic E-state index is 10.7. The van der Waals surface area contributed by atoms with Crippen LogP contribution >= 0.6 is 37.9 Å². The molecule has 1 aromatic heterocycles. The third kappa shape index (κ3) is 3.81. The molecule has 0 saturated carbocycles. The molecule has 0 amide bonds. The highest BCUT2D eigenvalue weighted by Crippen LogP contribution is 2.28. The van der Waals surface area contributed by atoms with Crippen LogP contribution in [0.4, 0.5) is 0 Å². The smallest absolute Gasteiger partial charge is 0.212 e. The minimum absolute atomic E-state index is 0.207. The van der Waals surface area contributed by atoms with E-state index >= 15 is 0 Å². The lowest BCUT2D eigenvalue weighted by Gasteiger charge is -1.97. The van der Waals surface area contributed by atoms with Crippen molar-refractivity contribution in [3.8, 4) is 0 Å². The van der Waals surface area contributed by atoms with Gasteiger partial charge in [0.1, 0.15) is 0 Å². The molecule has 0 aromatic carbocycles. The SMILES string of the molecule is C=C(CS(=O)(=O)Cl)c1ccc(Br)s1. The molecule has 6 heteroatoms. The number of halogens is 2. The number of hydrogen-bond acceptors (Lipinski definition) is 3. The molecular weight excluding hydrogens is 296 g/mol. The standard InChI is InChI=1S/C7H6BrClO2S2/c1-5(4-13(9,10)11)6-2-3-7(8)12-6/h2-3H,1,4H2. The zero-order valence-electron chi connectivity index (χ0n) is 6.46. The van der Waals surface area contributed by atoms with E-state index in [2.05, 4.69) is 22.5 Å². The van der Waals surface area contributed by atoms with Crippen LogP contribution in [0.3, 0.4) is 0 Å². The molecular formula is C7H6BrClO2S2. The number of thiophene rings is 1. The van der Waals surface area contributed by atoms with Gasteiger partial charge in [-0.05, 0) is 33.6 Å². The Morgan fingerprint density at radius 2 is 2.23 bits per heavy atom. The Morgan fingerprint density at radius 3 is 2.62 bits per heavy atom. The second-order valence-corrected chi connectivity index (χ2v) is 7.63. The first kappa shape index (κ1) is 11.2. The molecule has 2 nitrogen and oxygen atoms in total. The van der Waals surface area contributed by atoms with E-state index in [0.717, 1.165) is 8.66 Å². The zero-order chi connectivity index (χ0) is 10.1. The third-order valence-corrected chi connectivity index (χ3v) is 4.01. The highest BCUT2D eigenvalue weighted by atomic mass is 79.9.